The molecule has 2 N–H and O–H groups in total. The number of alkyl halides is 3. The molecule has 0 spiro atoms. The van der Waals surface area contributed by atoms with Gasteiger partial charge in [-0.2, -0.15) is 13.2 Å². The van der Waals surface area contributed by atoms with Crippen molar-refractivity contribution in [1.82, 2.24) is 15.2 Å². The molecule has 0 radical (unpaired) electrons. The van der Waals surface area contributed by atoms with Gasteiger partial charge < -0.3 is 20.4 Å². The first-order chi connectivity index (χ1) is 19.9. The minimum atomic E-state index is -4.72. The summed E-state index contributed by atoms with van der Waals surface area (Å²) in [6.07, 6.45) is -1.38. The van der Waals surface area contributed by atoms with E-state index < -0.39 is 48.6 Å². The molecule has 0 saturated carbocycles. The van der Waals surface area contributed by atoms with Crippen molar-refractivity contribution < 1.29 is 27.2 Å². The summed E-state index contributed by atoms with van der Waals surface area (Å²) in [5.74, 6) is -4.85. The monoisotopic (exact) mass is 588 g/mol. The van der Waals surface area contributed by atoms with Crippen LogP contribution >= 0.6 is 0 Å². The Kier molecular flexibility index (Phi) is 8.45. The fraction of sp³-hybridized carbons (Fsp3) is 0.500. The van der Waals surface area contributed by atoms with Crippen LogP contribution in [-0.4, -0.2) is 79.7 Å². The molecule has 5 rings (SSSR count). The van der Waals surface area contributed by atoms with Gasteiger partial charge in [0.1, 0.15) is 11.6 Å². The minimum absolute atomic E-state index is 0.127. The number of carbonyl (C=O) groups excluding carboxylic acids is 2. The van der Waals surface area contributed by atoms with Crippen molar-refractivity contribution in [2.75, 3.05) is 54.9 Å². The van der Waals surface area contributed by atoms with Crippen LogP contribution in [0.2, 0.25) is 0 Å². The lowest BCUT2D eigenvalue weighted by atomic mass is 9.84. The summed E-state index contributed by atoms with van der Waals surface area (Å²) in [6, 6.07) is 8.82. The van der Waals surface area contributed by atoms with Crippen LogP contribution in [0.1, 0.15) is 32.3 Å². The van der Waals surface area contributed by atoms with Gasteiger partial charge in [0.25, 0.3) is 0 Å². The molecule has 1 aromatic heterocycles. The smallest absolute Gasteiger partial charge is 0.367 e. The van der Waals surface area contributed by atoms with Crippen molar-refractivity contribution in [3.8, 4) is 0 Å². The highest BCUT2D eigenvalue weighted by Crippen LogP contribution is 2.39. The fourth-order valence-electron chi connectivity index (χ4n) is 6.06. The summed E-state index contributed by atoms with van der Waals surface area (Å²) in [4.78, 5) is 35.8. The zero-order valence-corrected chi connectivity index (χ0v) is 23.9. The zero-order chi connectivity index (χ0) is 30.2. The molecule has 0 bridgehead atoms. The van der Waals surface area contributed by atoms with E-state index in [1.165, 1.54) is 6.07 Å². The van der Waals surface area contributed by atoms with E-state index >= 15 is 4.39 Å². The molecule has 3 aliphatic heterocycles. The molecule has 2 amide bonds. The standard InChI is InChI=1S/C30H36F4N6O2/c1-18-16-40(17-19(2)38(18)3)26-14-24(31)21(20-7-10-39(11-8-20)27-6-4-5-9-35-27)12-25(26)37-29(42)22-15-36-28(41)13-23(22)30(32,33)34/h4-7,9,12,14,18-19,22-23H,8,10-11,13,15-17H2,1-3H3,(H,36,41)(H,37,42)/t18-,19+,22?,23?. The van der Waals surface area contributed by atoms with Crippen LogP contribution in [0.5, 0.6) is 0 Å². The van der Waals surface area contributed by atoms with E-state index in [-0.39, 0.29) is 17.8 Å². The largest absolute Gasteiger partial charge is 0.393 e. The number of piperidine rings is 1. The molecular formula is C30H36F4N6O2. The zero-order valence-electron chi connectivity index (χ0n) is 23.9. The van der Waals surface area contributed by atoms with Crippen LogP contribution in [0.3, 0.4) is 0 Å². The Morgan fingerprint density at radius 2 is 1.86 bits per heavy atom. The predicted molar refractivity (Wildman–Crippen MR) is 154 cm³/mol. The molecule has 4 heterocycles. The van der Waals surface area contributed by atoms with Crippen molar-refractivity contribution >= 4 is 34.6 Å². The third-order valence-corrected chi connectivity index (χ3v) is 8.74. The van der Waals surface area contributed by atoms with Crippen LogP contribution in [0.15, 0.2) is 42.6 Å². The molecule has 4 atom stereocenters. The van der Waals surface area contributed by atoms with E-state index in [0.29, 0.717) is 43.9 Å². The van der Waals surface area contributed by atoms with Gasteiger partial charge in [0.05, 0.1) is 23.2 Å². The van der Waals surface area contributed by atoms with Crippen LogP contribution in [0.25, 0.3) is 5.57 Å². The summed E-state index contributed by atoms with van der Waals surface area (Å²) in [7, 11) is 2.01. The fourth-order valence-corrected chi connectivity index (χ4v) is 6.06. The summed E-state index contributed by atoms with van der Waals surface area (Å²) < 4.78 is 57.3. The highest BCUT2D eigenvalue weighted by molar-refractivity contribution is 5.98. The molecule has 2 aromatic rings. The number of hydrogen-bond acceptors (Lipinski definition) is 6. The number of benzene rings is 1. The van der Waals surface area contributed by atoms with E-state index in [0.717, 1.165) is 11.4 Å². The van der Waals surface area contributed by atoms with Crippen molar-refractivity contribution in [2.24, 2.45) is 11.8 Å². The van der Waals surface area contributed by atoms with Gasteiger partial charge in [-0.15, -0.1) is 0 Å². The Bertz CT molecular complexity index is 1340. The van der Waals surface area contributed by atoms with Crippen LogP contribution in [-0.2, 0) is 9.59 Å². The number of likely N-dealkylation sites (N-methyl/N-ethyl adjacent to an activating group) is 1. The molecule has 2 unspecified atom stereocenters. The lowest BCUT2D eigenvalue weighted by molar-refractivity contribution is -0.197. The van der Waals surface area contributed by atoms with Crippen LogP contribution in [0.4, 0.5) is 34.8 Å². The first kappa shape index (κ1) is 29.8. The number of halogens is 4. The average molecular weight is 589 g/mol. The number of nitrogens with zero attached hydrogens (tertiary/aromatic N) is 4. The average Bonchev–Trinajstić information content (AvgIpc) is 2.96. The lowest BCUT2D eigenvalue weighted by Gasteiger charge is -2.44. The van der Waals surface area contributed by atoms with E-state index in [1.807, 2.05) is 50.1 Å². The number of nitrogens with one attached hydrogen (secondary N) is 2. The normalized spacial score (nSPS) is 25.6. The predicted octanol–water partition coefficient (Wildman–Crippen LogP) is 4.30. The van der Waals surface area contributed by atoms with Gasteiger partial charge >= 0.3 is 6.18 Å². The van der Waals surface area contributed by atoms with E-state index in [2.05, 4.69) is 25.4 Å². The molecule has 2 fully saturated rings. The summed E-state index contributed by atoms with van der Waals surface area (Å²) >= 11 is 0. The quantitative estimate of drug-likeness (QED) is 0.508. The topological polar surface area (TPSA) is 80.8 Å². The van der Waals surface area contributed by atoms with Gasteiger partial charge in [-0.3, -0.25) is 14.5 Å². The highest BCUT2D eigenvalue weighted by Gasteiger charge is 2.50. The molecular weight excluding hydrogens is 552 g/mol. The van der Waals surface area contributed by atoms with Crippen molar-refractivity contribution in [3.63, 3.8) is 0 Å². The van der Waals surface area contributed by atoms with Crippen LogP contribution in [0, 0.1) is 17.7 Å². The van der Waals surface area contributed by atoms with E-state index in [4.69, 9.17) is 0 Å². The second kappa shape index (κ2) is 11.9. The molecule has 3 aliphatic rings. The number of anilines is 3. The molecule has 1 aromatic carbocycles. The Morgan fingerprint density at radius 3 is 2.48 bits per heavy atom. The highest BCUT2D eigenvalue weighted by atomic mass is 19.4. The van der Waals surface area contributed by atoms with Gasteiger partial charge in [0.15, 0.2) is 0 Å². The van der Waals surface area contributed by atoms with Crippen molar-refractivity contribution in [1.29, 1.82) is 0 Å². The first-order valence-corrected chi connectivity index (χ1v) is 14.2. The SMILES string of the molecule is C[C@@H]1CN(c2cc(F)c(C3=CCN(c4ccccn4)CC3)cc2NC(=O)C2CNC(=O)CC2C(F)(F)F)C[C@H](C)N1C. The Labute approximate surface area is 242 Å². The maximum Gasteiger partial charge on any atom is 0.393 e. The van der Waals surface area contributed by atoms with Gasteiger partial charge in [-0.05, 0) is 57.2 Å². The summed E-state index contributed by atoms with van der Waals surface area (Å²) in [5, 5.41) is 5.11. The lowest BCUT2D eigenvalue weighted by Crippen LogP contribution is -2.55. The number of amides is 2. The van der Waals surface area contributed by atoms with E-state index in [9.17, 15) is 22.8 Å². The maximum atomic E-state index is 15.8. The first-order valence-electron chi connectivity index (χ1n) is 14.2. The Balaban J connectivity index is 1.48. The number of carbonyl (C=O) groups is 2. The third kappa shape index (κ3) is 6.23. The Morgan fingerprint density at radius 1 is 1.12 bits per heavy atom. The number of hydrogen-bond donors (Lipinski definition) is 2. The number of rotatable bonds is 5. The molecule has 12 heteroatoms. The van der Waals surface area contributed by atoms with Crippen molar-refractivity contribution in [2.45, 2.75) is 44.9 Å². The second-order valence-electron chi connectivity index (χ2n) is 11.5. The van der Waals surface area contributed by atoms with Gasteiger partial charge in [0.2, 0.25) is 11.8 Å². The van der Waals surface area contributed by atoms with Crippen LogP contribution < -0.4 is 20.4 Å². The summed E-state index contributed by atoms with van der Waals surface area (Å²) in [6.45, 7) is 5.89. The van der Waals surface area contributed by atoms with Gasteiger partial charge in [-0.1, -0.05) is 12.1 Å². The minimum Gasteiger partial charge on any atom is -0.367 e. The Hall–Kier alpha value is -3.67. The van der Waals surface area contributed by atoms with E-state index in [1.54, 1.807) is 12.3 Å². The van der Waals surface area contributed by atoms with Gasteiger partial charge in [0, 0.05) is 63.0 Å². The molecule has 8 nitrogen and oxygen atoms in total. The van der Waals surface area contributed by atoms with Gasteiger partial charge in [-0.25, -0.2) is 9.37 Å². The molecule has 42 heavy (non-hydrogen) atoms. The second-order valence-corrected chi connectivity index (χ2v) is 11.5. The maximum absolute atomic E-state index is 15.8. The number of pyridine rings is 1. The molecule has 226 valence electrons. The number of piperazine rings is 1. The summed E-state index contributed by atoms with van der Waals surface area (Å²) in [5.41, 5.74) is 1.73. The third-order valence-electron chi connectivity index (χ3n) is 8.74. The number of aromatic nitrogens is 1. The van der Waals surface area contributed by atoms with Crippen molar-refractivity contribution in [3.05, 3.63) is 54.0 Å². The molecule has 0 aliphatic carbocycles. The molecule has 2 saturated heterocycles.